The van der Waals surface area contributed by atoms with Gasteiger partial charge in [0.2, 0.25) is 0 Å². The van der Waals surface area contributed by atoms with Crippen molar-refractivity contribution in [1.82, 2.24) is 4.31 Å². The van der Waals surface area contributed by atoms with Gasteiger partial charge >= 0.3 is 0 Å². The minimum absolute atomic E-state index is 0.208. The van der Waals surface area contributed by atoms with Crippen LogP contribution < -0.4 is 0 Å². The Hall–Kier alpha value is 0.980. The van der Waals surface area contributed by atoms with Crippen LogP contribution in [0.25, 0.3) is 0 Å². The van der Waals surface area contributed by atoms with E-state index in [0.29, 0.717) is 14.9 Å². The molecule has 0 radical (unpaired) electrons. The third kappa shape index (κ3) is 7.86. The lowest BCUT2D eigenvalue weighted by molar-refractivity contribution is 0.428. The molecule has 25 heavy (non-hydrogen) atoms. The van der Waals surface area contributed by atoms with Crippen molar-refractivity contribution < 1.29 is 0 Å². The zero-order valence-electron chi connectivity index (χ0n) is 14.8. The van der Waals surface area contributed by atoms with E-state index in [9.17, 15) is 0 Å². The Morgan fingerprint density at radius 3 is 1.40 bits per heavy atom. The molecule has 0 fully saturated rings. The third-order valence-corrected chi connectivity index (χ3v) is 7.63. The molecule has 0 heterocycles. The number of benzene rings is 1. The van der Waals surface area contributed by atoms with Gasteiger partial charge in [-0.05, 0) is 24.8 Å². The number of hydrogen-bond donors (Lipinski definition) is 0. The van der Waals surface area contributed by atoms with E-state index in [1.54, 1.807) is 0 Å². The van der Waals surface area contributed by atoms with Crippen LogP contribution in [0.5, 0.6) is 0 Å². The highest BCUT2D eigenvalue weighted by Gasteiger charge is 2.21. The van der Waals surface area contributed by atoms with Gasteiger partial charge in [-0.1, -0.05) is 110 Å². The van der Waals surface area contributed by atoms with Crippen molar-refractivity contribution in [3.05, 3.63) is 25.1 Å². The molecule has 0 aromatic heterocycles. The van der Waals surface area contributed by atoms with Crippen molar-refractivity contribution in [3.8, 4) is 0 Å². The minimum atomic E-state index is 0.208. The van der Waals surface area contributed by atoms with Crippen molar-refractivity contribution in [1.29, 1.82) is 0 Å². The van der Waals surface area contributed by atoms with Crippen LogP contribution in [0.3, 0.4) is 0 Å². The van der Waals surface area contributed by atoms with E-state index in [1.807, 2.05) is 0 Å². The molecular formula is C18H26Cl5NS. The molecule has 1 aromatic carbocycles. The summed E-state index contributed by atoms with van der Waals surface area (Å²) in [5.74, 6) is 0. The Balaban J connectivity index is 2.84. The molecule has 0 atom stereocenters. The zero-order chi connectivity index (χ0) is 18.8. The number of halogens is 5. The molecule has 0 aliphatic carbocycles. The van der Waals surface area contributed by atoms with Crippen LogP contribution in [0.4, 0.5) is 0 Å². The highest BCUT2D eigenvalue weighted by atomic mass is 35.5. The van der Waals surface area contributed by atoms with Crippen LogP contribution in [-0.2, 0) is 0 Å². The first-order valence-electron chi connectivity index (χ1n) is 8.88. The van der Waals surface area contributed by atoms with Gasteiger partial charge in [-0.2, -0.15) is 0 Å². The van der Waals surface area contributed by atoms with Crippen molar-refractivity contribution >= 4 is 70.0 Å². The summed E-state index contributed by atoms with van der Waals surface area (Å²) in [4.78, 5) is 0.689. The van der Waals surface area contributed by atoms with Gasteiger partial charge in [-0.25, -0.2) is 4.31 Å². The van der Waals surface area contributed by atoms with E-state index in [1.165, 1.54) is 50.5 Å². The van der Waals surface area contributed by atoms with Gasteiger partial charge in [0.25, 0.3) is 0 Å². The number of unbranched alkanes of at least 4 members (excludes halogenated alkanes) is 6. The molecule has 0 bridgehead atoms. The third-order valence-electron chi connectivity index (χ3n) is 3.91. The van der Waals surface area contributed by atoms with Crippen molar-refractivity contribution in [2.75, 3.05) is 13.1 Å². The molecule has 0 spiro atoms. The van der Waals surface area contributed by atoms with E-state index in [2.05, 4.69) is 18.2 Å². The van der Waals surface area contributed by atoms with Crippen LogP contribution in [0.1, 0.15) is 65.2 Å². The molecule has 0 amide bonds. The summed E-state index contributed by atoms with van der Waals surface area (Å²) in [5, 5.41) is 1.48. The zero-order valence-corrected chi connectivity index (χ0v) is 19.4. The van der Waals surface area contributed by atoms with Crippen LogP contribution in [0.15, 0.2) is 4.90 Å². The molecule has 0 N–H and O–H groups in total. The average molecular weight is 466 g/mol. The molecule has 0 unspecified atom stereocenters. The van der Waals surface area contributed by atoms with E-state index < -0.39 is 0 Å². The Kier molecular flexibility index (Phi) is 12.7. The highest BCUT2D eigenvalue weighted by molar-refractivity contribution is 7.97. The molecule has 7 heteroatoms. The maximum Gasteiger partial charge on any atom is 0.0809 e. The molecular weight excluding hydrogens is 440 g/mol. The minimum Gasteiger partial charge on any atom is -0.246 e. The molecule has 1 rings (SSSR count). The van der Waals surface area contributed by atoms with Gasteiger partial charge in [-0.15, -0.1) is 0 Å². The van der Waals surface area contributed by atoms with Gasteiger partial charge in [0.05, 0.1) is 30.0 Å². The smallest absolute Gasteiger partial charge is 0.0809 e. The fraction of sp³-hybridized carbons (Fsp3) is 0.667. The molecule has 0 aliphatic heterocycles. The van der Waals surface area contributed by atoms with E-state index in [4.69, 9.17) is 58.0 Å². The lowest BCUT2D eigenvalue weighted by Gasteiger charge is -2.23. The topological polar surface area (TPSA) is 3.24 Å². The average Bonchev–Trinajstić information content (AvgIpc) is 2.61. The van der Waals surface area contributed by atoms with Crippen LogP contribution in [0, 0.1) is 0 Å². The maximum atomic E-state index is 6.38. The summed E-state index contributed by atoms with van der Waals surface area (Å²) in [7, 11) is 0. The number of hydrogen-bond acceptors (Lipinski definition) is 2. The predicted octanol–water partition coefficient (Wildman–Crippen LogP) is 9.42. The highest BCUT2D eigenvalue weighted by Crippen LogP contribution is 2.48. The SMILES string of the molecule is CCCCCCN(CCCCCC)Sc1c(Cl)c(Cl)c(Cl)c(Cl)c1Cl. The first-order chi connectivity index (χ1) is 11.9. The van der Waals surface area contributed by atoms with Crippen LogP contribution in [-0.4, -0.2) is 17.4 Å². The van der Waals surface area contributed by atoms with Gasteiger partial charge in [-0.3, -0.25) is 0 Å². The normalized spacial score (nSPS) is 11.5. The Morgan fingerprint density at radius 2 is 1.00 bits per heavy atom. The quantitative estimate of drug-likeness (QED) is 0.131. The van der Waals surface area contributed by atoms with Crippen molar-refractivity contribution in [2.24, 2.45) is 0 Å². The molecule has 1 aromatic rings. The fourth-order valence-electron chi connectivity index (χ4n) is 2.43. The second-order valence-corrected chi connectivity index (χ2v) is 9.04. The molecule has 0 saturated heterocycles. The summed E-state index contributed by atoms with van der Waals surface area (Å²) in [6.45, 7) is 6.41. The molecule has 0 saturated carbocycles. The van der Waals surface area contributed by atoms with Crippen LogP contribution >= 0.6 is 70.0 Å². The van der Waals surface area contributed by atoms with Gasteiger partial charge in [0, 0.05) is 13.1 Å². The van der Waals surface area contributed by atoms with E-state index in [0.717, 1.165) is 25.9 Å². The summed E-state index contributed by atoms with van der Waals surface area (Å²) >= 11 is 32.8. The Labute approximate surface area is 181 Å². The fourth-order valence-corrected chi connectivity index (χ4v) is 4.95. The first kappa shape index (κ1) is 24.0. The number of nitrogens with zero attached hydrogens (tertiary/aromatic N) is 1. The molecule has 0 aliphatic rings. The lowest BCUT2D eigenvalue weighted by atomic mass is 10.2. The Bertz CT molecular complexity index is 498. The van der Waals surface area contributed by atoms with E-state index >= 15 is 0 Å². The summed E-state index contributed by atoms with van der Waals surface area (Å²) in [6, 6.07) is 0. The first-order valence-corrected chi connectivity index (χ1v) is 11.5. The summed E-state index contributed by atoms with van der Waals surface area (Å²) in [5.41, 5.74) is 0. The molecule has 1 nitrogen and oxygen atoms in total. The monoisotopic (exact) mass is 463 g/mol. The predicted molar refractivity (Wildman–Crippen MR) is 117 cm³/mol. The standard InChI is InChI=1S/C18H26Cl5NS/c1-3-5-7-9-11-24(12-10-8-6-4-2)25-18-16(22)14(20)13(19)15(21)17(18)23/h3-12H2,1-2H3. The van der Waals surface area contributed by atoms with Crippen molar-refractivity contribution in [2.45, 2.75) is 70.1 Å². The van der Waals surface area contributed by atoms with Crippen LogP contribution in [0.2, 0.25) is 25.1 Å². The maximum absolute atomic E-state index is 6.38. The van der Waals surface area contributed by atoms with Crippen molar-refractivity contribution in [3.63, 3.8) is 0 Å². The second kappa shape index (κ2) is 13.2. The van der Waals surface area contributed by atoms with Gasteiger partial charge < -0.3 is 0 Å². The summed E-state index contributed by atoms with van der Waals surface area (Å²) in [6.07, 6.45) is 9.73. The van der Waals surface area contributed by atoms with Gasteiger partial charge in [0.15, 0.2) is 0 Å². The second-order valence-electron chi connectivity index (χ2n) is 6.04. The molecule has 144 valence electrons. The summed E-state index contributed by atoms with van der Waals surface area (Å²) < 4.78 is 2.32. The largest absolute Gasteiger partial charge is 0.246 e. The number of rotatable bonds is 12. The Morgan fingerprint density at radius 1 is 0.600 bits per heavy atom. The van der Waals surface area contributed by atoms with Gasteiger partial charge in [0.1, 0.15) is 0 Å². The lowest BCUT2D eigenvalue weighted by Crippen LogP contribution is -2.19. The van der Waals surface area contributed by atoms with E-state index in [-0.39, 0.29) is 15.1 Å².